The quantitative estimate of drug-likeness (QED) is 0.161. The van der Waals surface area contributed by atoms with Gasteiger partial charge in [0.15, 0.2) is 0 Å². The van der Waals surface area contributed by atoms with Crippen molar-refractivity contribution < 1.29 is 74.8 Å². The van der Waals surface area contributed by atoms with Crippen LogP contribution in [0.25, 0.3) is 32.7 Å². The van der Waals surface area contributed by atoms with E-state index in [0.29, 0.717) is 19.6 Å². The monoisotopic (exact) mass is 742 g/mol. The zero-order chi connectivity index (χ0) is 34.5. The number of fused-ring (bicyclic) bond motifs is 3. The van der Waals surface area contributed by atoms with Crippen LogP contribution >= 0.6 is 0 Å². The van der Waals surface area contributed by atoms with Crippen LogP contribution in [0.2, 0.25) is 0 Å². The Balaban J connectivity index is 0.000000493. The van der Waals surface area contributed by atoms with Crippen LogP contribution in [-0.4, -0.2) is 19.9 Å². The molecule has 0 unspecified atom stereocenters. The predicted molar refractivity (Wildman–Crippen MR) is 149 cm³/mol. The number of aromatic nitrogens is 3. The molecule has 253 valence electrons. The van der Waals surface area contributed by atoms with E-state index in [1.807, 2.05) is 36.4 Å². The topological polar surface area (TPSA) is 250 Å². The number of benzene rings is 3. The fourth-order valence-corrected chi connectivity index (χ4v) is 4.44. The second-order valence-corrected chi connectivity index (χ2v) is 11.1. The van der Waals surface area contributed by atoms with E-state index < -0.39 is 20.5 Å². The Kier molecular flexibility index (Phi) is 16.1. The summed E-state index contributed by atoms with van der Waals surface area (Å²) in [7, 11) is -9.89. The maximum atomic E-state index is 8.49. The van der Waals surface area contributed by atoms with Gasteiger partial charge < -0.3 is 0 Å². The van der Waals surface area contributed by atoms with Gasteiger partial charge in [0.05, 0.1) is 39.7 Å². The zero-order valence-corrected chi connectivity index (χ0v) is 27.5. The fourth-order valence-electron chi connectivity index (χ4n) is 4.44. The largest absolute Gasteiger partial charge is 2.00 e. The van der Waals surface area contributed by atoms with Crippen molar-refractivity contribution in [3.05, 3.63) is 126 Å². The van der Waals surface area contributed by atoms with Gasteiger partial charge in [-0.3, -0.25) is 19.9 Å². The number of nitriles is 1. The molecule has 13 nitrogen and oxygen atoms in total. The van der Waals surface area contributed by atoms with Crippen molar-refractivity contribution >= 4 is 32.7 Å². The molecule has 16 heteroatoms. The van der Waals surface area contributed by atoms with Crippen LogP contribution in [0.3, 0.4) is 0 Å². The third-order valence-corrected chi connectivity index (χ3v) is 6.13. The van der Waals surface area contributed by atoms with Gasteiger partial charge in [-0.05, 0) is 36.4 Å². The van der Waals surface area contributed by atoms with Crippen molar-refractivity contribution in [1.82, 2.24) is 19.9 Å². The van der Waals surface area contributed by atoms with Gasteiger partial charge in [0.25, 0.3) is 0 Å². The Bertz CT molecular complexity index is 1720. The molecule has 0 fully saturated rings. The van der Waals surface area contributed by atoms with Crippen molar-refractivity contribution in [3.8, 4) is 6.07 Å². The molecule has 0 saturated carbocycles. The molecule has 1 radical (unpaired) electrons. The summed E-state index contributed by atoms with van der Waals surface area (Å²) in [5.41, 5.74) is 6.19. The maximum absolute atomic E-state index is 8.49. The molecular formula is C32H27Cl2CuN5O8. The van der Waals surface area contributed by atoms with Gasteiger partial charge in [-0.2, -0.15) is 5.26 Å². The molecule has 0 amide bonds. The first-order valence-electron chi connectivity index (χ1n) is 13.5. The maximum Gasteiger partial charge on any atom is 2.00 e. The van der Waals surface area contributed by atoms with Gasteiger partial charge >= 0.3 is 17.1 Å². The average Bonchev–Trinajstić information content (AvgIpc) is 3.00. The first kappa shape index (κ1) is 40.3. The van der Waals surface area contributed by atoms with E-state index in [4.69, 9.17) is 57.5 Å². The molecule has 48 heavy (non-hydrogen) atoms. The SMILES string of the molecule is CC#N.[Cu+2].[O-][Cl+3]([O-])([O-])[O-].[O-][Cl+3]([O-])([O-])[O-].c1ccc2nc(CN(Cc3ccc4ccccc4n3)Cc3ccc4ccccc4n3)ccc2c1. The molecule has 0 aliphatic heterocycles. The summed E-state index contributed by atoms with van der Waals surface area (Å²) < 4.78 is 67.9. The number of halogens is 2. The van der Waals surface area contributed by atoms with E-state index in [1.54, 1.807) is 6.07 Å². The molecule has 0 N–H and O–H groups in total. The van der Waals surface area contributed by atoms with E-state index in [9.17, 15) is 0 Å². The van der Waals surface area contributed by atoms with Gasteiger partial charge in [-0.15, -0.1) is 20.5 Å². The number of hydrogen-bond acceptors (Lipinski definition) is 13. The van der Waals surface area contributed by atoms with Crippen LogP contribution < -0.4 is 37.3 Å². The van der Waals surface area contributed by atoms with Gasteiger partial charge in [0.2, 0.25) is 0 Å². The summed E-state index contributed by atoms with van der Waals surface area (Å²) in [6.45, 7) is 3.58. The van der Waals surface area contributed by atoms with Gasteiger partial charge in [-0.25, -0.2) is 37.3 Å². The summed E-state index contributed by atoms with van der Waals surface area (Å²) in [5, 5.41) is 10.8. The van der Waals surface area contributed by atoms with Crippen molar-refractivity contribution in [2.75, 3.05) is 0 Å². The minimum atomic E-state index is -4.94. The summed E-state index contributed by atoms with van der Waals surface area (Å²) in [4.78, 5) is 17.1. The van der Waals surface area contributed by atoms with Crippen LogP contribution in [0.1, 0.15) is 24.0 Å². The summed E-state index contributed by atoms with van der Waals surface area (Å²) in [5.74, 6) is 0. The molecule has 6 aromatic rings. The van der Waals surface area contributed by atoms with Crippen LogP contribution in [0.15, 0.2) is 109 Å². The van der Waals surface area contributed by atoms with Crippen molar-refractivity contribution in [3.63, 3.8) is 0 Å². The second-order valence-electron chi connectivity index (χ2n) is 9.61. The Hall–Kier alpha value is -3.88. The van der Waals surface area contributed by atoms with Crippen LogP contribution in [0.4, 0.5) is 0 Å². The average molecular weight is 744 g/mol. The molecule has 0 bridgehead atoms. The van der Waals surface area contributed by atoms with E-state index >= 15 is 0 Å². The standard InChI is InChI=1S/C30H24N4.C2H3N.2ClHO4.Cu/c1-4-10-28-22(7-1)13-16-25(31-28)19-34(20-26-17-14-23-8-2-5-11-29(23)32-26)21-27-18-15-24-9-3-6-12-30(24)33-27;1-2-3;2*2-1(3,4)5;/h1-18H,19-21H2;1H3;2*(H,2,3,4,5);/q;;;;+2/p-2. The van der Waals surface area contributed by atoms with Crippen molar-refractivity contribution in [1.29, 1.82) is 5.26 Å². The Labute approximate surface area is 290 Å². The zero-order valence-electron chi connectivity index (χ0n) is 25.1. The molecule has 0 aliphatic carbocycles. The van der Waals surface area contributed by atoms with Gasteiger partial charge in [-0.1, -0.05) is 72.8 Å². The van der Waals surface area contributed by atoms with Gasteiger partial charge in [0.1, 0.15) is 0 Å². The smallest absolute Gasteiger partial charge is 0.286 e. The van der Waals surface area contributed by atoms with Gasteiger partial charge in [0, 0.05) is 42.7 Å². The minimum absolute atomic E-state index is 0. The predicted octanol–water partition coefficient (Wildman–Crippen LogP) is -2.45. The third kappa shape index (κ3) is 15.3. The molecule has 3 aromatic carbocycles. The Morgan fingerprint density at radius 1 is 0.500 bits per heavy atom. The first-order valence-corrected chi connectivity index (χ1v) is 16.0. The number of para-hydroxylation sites is 3. The van der Waals surface area contributed by atoms with Crippen LogP contribution in [0.5, 0.6) is 0 Å². The van der Waals surface area contributed by atoms with E-state index in [-0.39, 0.29) is 17.1 Å². The molecule has 3 aromatic heterocycles. The molecule has 0 spiro atoms. The number of pyridine rings is 3. The van der Waals surface area contributed by atoms with Crippen LogP contribution in [-0.2, 0) is 36.7 Å². The third-order valence-electron chi connectivity index (χ3n) is 6.13. The Morgan fingerprint density at radius 3 is 0.979 bits per heavy atom. The van der Waals surface area contributed by atoms with Crippen molar-refractivity contribution in [2.45, 2.75) is 26.6 Å². The summed E-state index contributed by atoms with van der Waals surface area (Å²) >= 11 is 0. The number of nitrogens with zero attached hydrogens (tertiary/aromatic N) is 5. The summed E-state index contributed by atoms with van der Waals surface area (Å²) in [6.07, 6.45) is 0. The molecule has 3 heterocycles. The minimum Gasteiger partial charge on any atom is -0.286 e. The van der Waals surface area contributed by atoms with Crippen molar-refractivity contribution in [2.24, 2.45) is 0 Å². The van der Waals surface area contributed by atoms with E-state index in [2.05, 4.69) is 77.7 Å². The second kappa shape index (κ2) is 19.2. The molecular weight excluding hydrogens is 717 g/mol. The molecule has 0 aliphatic rings. The van der Waals surface area contributed by atoms with E-state index in [1.165, 1.54) is 6.92 Å². The van der Waals surface area contributed by atoms with Crippen LogP contribution in [0, 0.1) is 31.8 Å². The molecule has 0 atom stereocenters. The Morgan fingerprint density at radius 2 is 0.729 bits per heavy atom. The normalized spacial score (nSPS) is 10.9. The number of hydrogen-bond donors (Lipinski definition) is 0. The molecule has 0 saturated heterocycles. The fraction of sp³-hybridized carbons (Fsp3) is 0.125. The number of rotatable bonds is 6. The van der Waals surface area contributed by atoms with E-state index in [0.717, 1.165) is 49.8 Å². The molecule has 6 rings (SSSR count). The summed E-state index contributed by atoms with van der Waals surface area (Å²) in [6, 6.07) is 39.3. The first-order chi connectivity index (χ1) is 22.2.